The lowest BCUT2D eigenvalue weighted by atomic mass is 9.93. The number of methoxy groups -OCH3 is 1. The Morgan fingerprint density at radius 1 is 0.700 bits per heavy atom. The molecule has 0 aliphatic rings. The summed E-state index contributed by atoms with van der Waals surface area (Å²) in [5, 5.41) is 4.40. The van der Waals surface area contributed by atoms with Gasteiger partial charge < -0.3 is 4.74 Å². The quantitative estimate of drug-likeness (QED) is 0.325. The van der Waals surface area contributed by atoms with Gasteiger partial charge >= 0.3 is 0 Å². The van der Waals surface area contributed by atoms with Gasteiger partial charge in [0.25, 0.3) is 0 Å². The Balaban J connectivity index is 1.87. The molecule has 0 unspecified atom stereocenters. The van der Waals surface area contributed by atoms with Gasteiger partial charge in [0.2, 0.25) is 0 Å². The first kappa shape index (κ1) is 18.0. The Hall–Kier alpha value is -4.09. The van der Waals surface area contributed by atoms with Crippen LogP contribution in [0.15, 0.2) is 97.2 Å². The first-order valence-corrected chi connectivity index (χ1v) is 9.86. The highest BCUT2D eigenvalue weighted by Gasteiger charge is 2.16. The van der Waals surface area contributed by atoms with Crippen molar-refractivity contribution in [2.24, 2.45) is 0 Å². The molecule has 0 spiro atoms. The molecule has 4 aromatic carbocycles. The average molecular weight is 385 g/mol. The third-order valence-corrected chi connectivity index (χ3v) is 5.25. The first-order chi connectivity index (χ1) is 14.8. The molecule has 142 valence electrons. The van der Waals surface area contributed by atoms with Crippen molar-refractivity contribution in [3.63, 3.8) is 0 Å². The van der Waals surface area contributed by atoms with Crippen LogP contribution in [0.25, 0.3) is 32.8 Å². The summed E-state index contributed by atoms with van der Waals surface area (Å²) in [4.78, 5) is 4.79. The lowest BCUT2D eigenvalue weighted by Crippen LogP contribution is -1.95. The number of fused-ring (bicyclic) bond motifs is 2. The molecule has 0 saturated heterocycles. The molecule has 5 aromatic rings. The molecule has 30 heavy (non-hydrogen) atoms. The Labute approximate surface area is 175 Å². The maximum atomic E-state index is 5.71. The predicted octanol–water partition coefficient (Wildman–Crippen LogP) is 6.46. The highest BCUT2D eigenvalue weighted by atomic mass is 16.5. The fraction of sp³-hybridized carbons (Fsp3) is 0.0357. The summed E-state index contributed by atoms with van der Waals surface area (Å²) in [5.41, 5.74) is 3.84. The van der Waals surface area contributed by atoms with Crippen LogP contribution in [0.2, 0.25) is 0 Å². The van der Waals surface area contributed by atoms with E-state index in [1.165, 1.54) is 0 Å². The van der Waals surface area contributed by atoms with Crippen molar-refractivity contribution >= 4 is 21.5 Å². The molecule has 1 aromatic heterocycles. The van der Waals surface area contributed by atoms with Gasteiger partial charge in [0.05, 0.1) is 12.8 Å². The minimum atomic E-state index is 0.812. The van der Waals surface area contributed by atoms with Crippen molar-refractivity contribution < 1.29 is 4.74 Å². The average Bonchev–Trinajstić information content (AvgIpc) is 2.82. The van der Waals surface area contributed by atoms with Gasteiger partial charge in [-0.1, -0.05) is 78.6 Å². The summed E-state index contributed by atoms with van der Waals surface area (Å²) in [7, 11) is 1.70. The molecule has 2 heteroatoms. The fourth-order valence-electron chi connectivity index (χ4n) is 3.84. The molecule has 0 aliphatic carbocycles. The minimum Gasteiger partial charge on any atom is -0.496 e. The molecule has 0 fully saturated rings. The second kappa shape index (κ2) is 7.73. The Kier molecular flexibility index (Phi) is 4.63. The van der Waals surface area contributed by atoms with E-state index >= 15 is 0 Å². The normalized spacial score (nSPS) is 10.6. The van der Waals surface area contributed by atoms with Crippen LogP contribution in [0.3, 0.4) is 0 Å². The van der Waals surface area contributed by atoms with Gasteiger partial charge in [0, 0.05) is 33.7 Å². The number of hydrogen-bond donors (Lipinski definition) is 0. The lowest BCUT2D eigenvalue weighted by Gasteiger charge is -2.14. The molecular formula is C28H19NO. The van der Waals surface area contributed by atoms with Crippen molar-refractivity contribution in [3.8, 4) is 28.8 Å². The van der Waals surface area contributed by atoms with Gasteiger partial charge in [-0.3, -0.25) is 4.98 Å². The molecular weight excluding hydrogens is 366 g/mol. The van der Waals surface area contributed by atoms with E-state index in [0.29, 0.717) is 0 Å². The van der Waals surface area contributed by atoms with E-state index in [2.05, 4.69) is 42.2 Å². The molecule has 0 radical (unpaired) electrons. The highest BCUT2D eigenvalue weighted by Crippen LogP contribution is 2.39. The van der Waals surface area contributed by atoms with Crippen LogP contribution in [-0.4, -0.2) is 12.1 Å². The summed E-state index contributed by atoms with van der Waals surface area (Å²) in [5.74, 6) is 7.50. The summed E-state index contributed by atoms with van der Waals surface area (Å²) < 4.78 is 5.71. The zero-order valence-corrected chi connectivity index (χ0v) is 16.6. The van der Waals surface area contributed by atoms with Crippen molar-refractivity contribution in [3.05, 3.63) is 108 Å². The number of benzene rings is 4. The molecule has 0 saturated carbocycles. The summed E-state index contributed by atoms with van der Waals surface area (Å²) in [6, 6.07) is 30.7. The molecule has 5 rings (SSSR count). The van der Waals surface area contributed by atoms with Crippen LogP contribution in [0.5, 0.6) is 5.75 Å². The van der Waals surface area contributed by atoms with Crippen LogP contribution >= 0.6 is 0 Å². The molecule has 0 atom stereocenters. The monoisotopic (exact) mass is 385 g/mol. The predicted molar refractivity (Wildman–Crippen MR) is 124 cm³/mol. The smallest absolute Gasteiger partial charge is 0.127 e. The fourth-order valence-corrected chi connectivity index (χ4v) is 3.84. The SMILES string of the molecule is COc1cc(C#Cc2ccccc2)c(-c2nccc3ccccc23)c2ccccc12. The van der Waals surface area contributed by atoms with Crippen LogP contribution in [0.1, 0.15) is 11.1 Å². The second-order valence-electron chi connectivity index (χ2n) is 7.04. The van der Waals surface area contributed by atoms with Gasteiger partial charge in [0.1, 0.15) is 5.75 Å². The molecule has 1 heterocycles. The zero-order valence-electron chi connectivity index (χ0n) is 16.6. The maximum absolute atomic E-state index is 5.71. The Bertz CT molecular complexity index is 1420. The van der Waals surface area contributed by atoms with Gasteiger partial charge in [0.15, 0.2) is 0 Å². The van der Waals surface area contributed by atoms with E-state index in [0.717, 1.165) is 49.7 Å². The number of ether oxygens (including phenoxy) is 1. The largest absolute Gasteiger partial charge is 0.496 e. The summed E-state index contributed by atoms with van der Waals surface area (Å²) in [6.45, 7) is 0. The third kappa shape index (κ3) is 3.17. The van der Waals surface area contributed by atoms with Crippen LogP contribution in [0.4, 0.5) is 0 Å². The van der Waals surface area contributed by atoms with Crippen LogP contribution < -0.4 is 4.74 Å². The van der Waals surface area contributed by atoms with E-state index < -0.39 is 0 Å². The second-order valence-corrected chi connectivity index (χ2v) is 7.04. The van der Waals surface area contributed by atoms with E-state index in [1.54, 1.807) is 7.11 Å². The van der Waals surface area contributed by atoms with E-state index in [4.69, 9.17) is 9.72 Å². The van der Waals surface area contributed by atoms with Gasteiger partial charge in [-0.05, 0) is 35.0 Å². The Morgan fingerprint density at radius 3 is 2.20 bits per heavy atom. The topological polar surface area (TPSA) is 22.1 Å². The van der Waals surface area contributed by atoms with Crippen molar-refractivity contribution in [2.45, 2.75) is 0 Å². The number of rotatable bonds is 2. The van der Waals surface area contributed by atoms with Gasteiger partial charge in [-0.15, -0.1) is 0 Å². The van der Waals surface area contributed by atoms with Crippen LogP contribution in [-0.2, 0) is 0 Å². The summed E-state index contributed by atoms with van der Waals surface area (Å²) in [6.07, 6.45) is 1.87. The van der Waals surface area contributed by atoms with E-state index in [-0.39, 0.29) is 0 Å². The third-order valence-electron chi connectivity index (χ3n) is 5.25. The van der Waals surface area contributed by atoms with Crippen molar-refractivity contribution in [1.29, 1.82) is 0 Å². The number of pyridine rings is 1. The summed E-state index contributed by atoms with van der Waals surface area (Å²) >= 11 is 0. The Morgan fingerprint density at radius 2 is 1.40 bits per heavy atom. The lowest BCUT2D eigenvalue weighted by molar-refractivity contribution is 0.420. The number of hydrogen-bond acceptors (Lipinski definition) is 2. The highest BCUT2D eigenvalue weighted by molar-refractivity contribution is 6.07. The first-order valence-electron chi connectivity index (χ1n) is 9.86. The number of aromatic nitrogens is 1. The zero-order chi connectivity index (χ0) is 20.3. The van der Waals surface area contributed by atoms with E-state index in [1.807, 2.05) is 66.9 Å². The molecule has 0 bridgehead atoms. The standard InChI is InChI=1S/C28H19NO/c1-30-26-19-22(16-15-20-9-3-2-4-10-20)27(25-14-8-7-13-24(25)26)28-23-12-6-5-11-21(23)17-18-29-28/h2-14,17-19H,1H3. The number of nitrogens with zero attached hydrogens (tertiary/aromatic N) is 1. The molecule has 0 N–H and O–H groups in total. The maximum Gasteiger partial charge on any atom is 0.127 e. The molecule has 0 amide bonds. The van der Waals surface area contributed by atoms with Crippen LogP contribution in [0, 0.1) is 11.8 Å². The van der Waals surface area contributed by atoms with Crippen molar-refractivity contribution in [2.75, 3.05) is 7.11 Å². The minimum absolute atomic E-state index is 0.812. The van der Waals surface area contributed by atoms with Gasteiger partial charge in [-0.2, -0.15) is 0 Å². The molecule has 0 aliphatic heterocycles. The van der Waals surface area contributed by atoms with E-state index in [9.17, 15) is 0 Å². The van der Waals surface area contributed by atoms with Crippen molar-refractivity contribution in [1.82, 2.24) is 4.98 Å². The molecule has 2 nitrogen and oxygen atoms in total. The van der Waals surface area contributed by atoms with Gasteiger partial charge in [-0.25, -0.2) is 0 Å².